The van der Waals surface area contributed by atoms with Crippen LogP contribution in [0, 0.1) is 0 Å². The fraction of sp³-hybridized carbons (Fsp3) is 0.750. The molecule has 1 saturated heterocycles. The van der Waals surface area contributed by atoms with Crippen LogP contribution in [-0.2, 0) is 12.0 Å². The molecule has 1 aromatic heterocycles. The summed E-state index contributed by atoms with van der Waals surface area (Å²) in [6.45, 7) is 11.0. The van der Waals surface area contributed by atoms with Crippen LogP contribution in [-0.4, -0.2) is 41.0 Å². The van der Waals surface area contributed by atoms with E-state index in [0.717, 1.165) is 38.4 Å². The molecule has 110 valence electrons. The van der Waals surface area contributed by atoms with Crippen LogP contribution < -0.4 is 5.32 Å². The van der Waals surface area contributed by atoms with Gasteiger partial charge in [-0.25, -0.2) is 9.97 Å². The second-order valence-electron chi connectivity index (χ2n) is 6.53. The monoisotopic (exact) mass is 274 g/mol. The third-order valence-corrected chi connectivity index (χ3v) is 4.61. The molecular weight excluding hydrogens is 248 g/mol. The van der Waals surface area contributed by atoms with Crippen molar-refractivity contribution in [1.82, 2.24) is 20.2 Å². The summed E-state index contributed by atoms with van der Waals surface area (Å²) in [5, 5.41) is 3.42. The molecule has 0 atom stereocenters. The van der Waals surface area contributed by atoms with Crippen molar-refractivity contribution in [3.05, 3.63) is 23.3 Å². The Morgan fingerprint density at radius 1 is 1.25 bits per heavy atom. The smallest absolute Gasteiger partial charge is 0.148 e. The average Bonchev–Trinajstić information content (AvgIpc) is 3.32. The fourth-order valence-corrected chi connectivity index (χ4v) is 2.93. The molecule has 0 bridgehead atoms. The Labute approximate surface area is 122 Å². The highest BCUT2D eigenvalue weighted by Gasteiger charge is 2.34. The minimum atomic E-state index is -0.0725. The van der Waals surface area contributed by atoms with Crippen molar-refractivity contribution in [3.8, 4) is 0 Å². The van der Waals surface area contributed by atoms with Gasteiger partial charge in [0.15, 0.2) is 0 Å². The molecule has 0 spiro atoms. The van der Waals surface area contributed by atoms with Gasteiger partial charge < -0.3 is 5.32 Å². The highest BCUT2D eigenvalue weighted by atomic mass is 15.3. The van der Waals surface area contributed by atoms with Crippen LogP contribution in [0.4, 0.5) is 0 Å². The predicted octanol–water partition coefficient (Wildman–Crippen LogP) is 2.06. The van der Waals surface area contributed by atoms with Gasteiger partial charge in [-0.2, -0.15) is 0 Å². The average molecular weight is 274 g/mol. The first kappa shape index (κ1) is 14.0. The van der Waals surface area contributed by atoms with Gasteiger partial charge in [0, 0.05) is 43.5 Å². The standard InChI is InChI=1S/C16H26N4/c1-4-13-11-14(12-5-6-12)19-15(18-13)16(2,3)20-9-7-17-8-10-20/h11-12,17H,4-10H2,1-3H3. The van der Waals surface area contributed by atoms with E-state index in [4.69, 9.17) is 9.97 Å². The Kier molecular flexibility index (Phi) is 3.78. The van der Waals surface area contributed by atoms with E-state index in [1.807, 2.05) is 0 Å². The van der Waals surface area contributed by atoms with Crippen molar-refractivity contribution in [2.75, 3.05) is 26.2 Å². The minimum Gasteiger partial charge on any atom is -0.314 e. The van der Waals surface area contributed by atoms with Gasteiger partial charge in [0.05, 0.1) is 5.54 Å². The van der Waals surface area contributed by atoms with Gasteiger partial charge in [0.25, 0.3) is 0 Å². The SMILES string of the molecule is CCc1cc(C2CC2)nc(C(C)(C)N2CCNCC2)n1. The summed E-state index contributed by atoms with van der Waals surface area (Å²) < 4.78 is 0. The molecule has 2 heterocycles. The van der Waals surface area contributed by atoms with Crippen LogP contribution in [0.15, 0.2) is 6.07 Å². The molecule has 1 aliphatic heterocycles. The number of hydrogen-bond acceptors (Lipinski definition) is 4. The molecule has 4 heteroatoms. The number of hydrogen-bond donors (Lipinski definition) is 1. The van der Waals surface area contributed by atoms with Gasteiger partial charge in [-0.15, -0.1) is 0 Å². The number of piperazine rings is 1. The number of nitrogens with one attached hydrogen (secondary N) is 1. The number of nitrogens with zero attached hydrogens (tertiary/aromatic N) is 3. The number of aryl methyl sites for hydroxylation is 1. The van der Waals surface area contributed by atoms with Gasteiger partial charge in [0.1, 0.15) is 5.82 Å². The van der Waals surface area contributed by atoms with Crippen LogP contribution >= 0.6 is 0 Å². The maximum Gasteiger partial charge on any atom is 0.148 e. The maximum absolute atomic E-state index is 4.92. The first-order valence-corrected chi connectivity index (χ1v) is 7.95. The highest BCUT2D eigenvalue weighted by Crippen LogP contribution is 2.40. The summed E-state index contributed by atoms with van der Waals surface area (Å²) in [5.41, 5.74) is 2.40. The Balaban J connectivity index is 1.92. The van der Waals surface area contributed by atoms with E-state index >= 15 is 0 Å². The van der Waals surface area contributed by atoms with Crippen LogP contribution in [0.2, 0.25) is 0 Å². The van der Waals surface area contributed by atoms with Crippen molar-refractivity contribution < 1.29 is 0 Å². The van der Waals surface area contributed by atoms with Crippen molar-refractivity contribution in [2.45, 2.75) is 51.5 Å². The first-order chi connectivity index (χ1) is 9.61. The molecule has 1 N–H and O–H groups in total. The lowest BCUT2D eigenvalue weighted by molar-refractivity contribution is 0.0943. The van der Waals surface area contributed by atoms with Gasteiger partial charge in [-0.05, 0) is 39.2 Å². The van der Waals surface area contributed by atoms with E-state index < -0.39 is 0 Å². The molecule has 1 aliphatic carbocycles. The Morgan fingerprint density at radius 3 is 2.55 bits per heavy atom. The van der Waals surface area contributed by atoms with Gasteiger partial charge in [-0.3, -0.25) is 4.90 Å². The summed E-state index contributed by atoms with van der Waals surface area (Å²) >= 11 is 0. The zero-order chi connectivity index (χ0) is 14.2. The van der Waals surface area contributed by atoms with Crippen molar-refractivity contribution in [3.63, 3.8) is 0 Å². The van der Waals surface area contributed by atoms with Crippen LogP contribution in [0.1, 0.15) is 56.7 Å². The third-order valence-electron chi connectivity index (χ3n) is 4.61. The summed E-state index contributed by atoms with van der Waals surface area (Å²) in [6, 6.07) is 2.22. The lowest BCUT2D eigenvalue weighted by Crippen LogP contribution is -2.52. The number of rotatable bonds is 4. The Hall–Kier alpha value is -1.00. The summed E-state index contributed by atoms with van der Waals surface area (Å²) in [6.07, 6.45) is 3.59. The zero-order valence-electron chi connectivity index (χ0n) is 12.9. The summed E-state index contributed by atoms with van der Waals surface area (Å²) in [5.74, 6) is 1.71. The minimum absolute atomic E-state index is 0.0725. The topological polar surface area (TPSA) is 41.1 Å². The Bertz CT molecular complexity index is 473. The van der Waals surface area contributed by atoms with Crippen molar-refractivity contribution in [1.29, 1.82) is 0 Å². The summed E-state index contributed by atoms with van der Waals surface area (Å²) in [4.78, 5) is 12.3. The van der Waals surface area contributed by atoms with E-state index in [0.29, 0.717) is 5.92 Å². The molecule has 2 fully saturated rings. The summed E-state index contributed by atoms with van der Waals surface area (Å²) in [7, 11) is 0. The molecular formula is C16H26N4. The van der Waals surface area contributed by atoms with Crippen molar-refractivity contribution in [2.24, 2.45) is 0 Å². The predicted molar refractivity (Wildman–Crippen MR) is 80.9 cm³/mol. The van der Waals surface area contributed by atoms with Gasteiger partial charge in [-0.1, -0.05) is 6.92 Å². The third kappa shape index (κ3) is 2.72. The largest absolute Gasteiger partial charge is 0.314 e. The van der Waals surface area contributed by atoms with E-state index in [2.05, 4.69) is 37.1 Å². The normalized spacial score (nSPS) is 21.1. The van der Waals surface area contributed by atoms with E-state index in [-0.39, 0.29) is 5.54 Å². The fourth-order valence-electron chi connectivity index (χ4n) is 2.93. The highest BCUT2D eigenvalue weighted by molar-refractivity contribution is 5.21. The first-order valence-electron chi connectivity index (χ1n) is 7.95. The van der Waals surface area contributed by atoms with E-state index in [1.54, 1.807) is 0 Å². The molecule has 4 nitrogen and oxygen atoms in total. The molecule has 1 saturated carbocycles. The lowest BCUT2D eigenvalue weighted by atomic mass is 9.99. The number of aromatic nitrogens is 2. The van der Waals surface area contributed by atoms with E-state index in [1.165, 1.54) is 24.2 Å². The van der Waals surface area contributed by atoms with Crippen LogP contribution in [0.25, 0.3) is 0 Å². The quantitative estimate of drug-likeness (QED) is 0.912. The Morgan fingerprint density at radius 2 is 1.95 bits per heavy atom. The molecule has 1 aromatic rings. The molecule has 0 amide bonds. The van der Waals surface area contributed by atoms with Gasteiger partial charge >= 0.3 is 0 Å². The molecule has 2 aliphatic rings. The molecule has 0 unspecified atom stereocenters. The van der Waals surface area contributed by atoms with Crippen molar-refractivity contribution >= 4 is 0 Å². The zero-order valence-corrected chi connectivity index (χ0v) is 12.9. The van der Waals surface area contributed by atoms with Crippen LogP contribution in [0.3, 0.4) is 0 Å². The van der Waals surface area contributed by atoms with E-state index in [9.17, 15) is 0 Å². The molecule has 20 heavy (non-hydrogen) atoms. The van der Waals surface area contributed by atoms with Gasteiger partial charge in [0.2, 0.25) is 0 Å². The maximum atomic E-state index is 4.92. The molecule has 3 rings (SSSR count). The molecule has 0 radical (unpaired) electrons. The second kappa shape index (κ2) is 5.41. The molecule has 0 aromatic carbocycles. The second-order valence-corrected chi connectivity index (χ2v) is 6.53. The lowest BCUT2D eigenvalue weighted by Gasteiger charge is -2.40. The van der Waals surface area contributed by atoms with Crippen LogP contribution in [0.5, 0.6) is 0 Å².